The lowest BCUT2D eigenvalue weighted by Crippen LogP contribution is -2.06. The van der Waals surface area contributed by atoms with Crippen LogP contribution in [0.15, 0.2) is 24.8 Å². The van der Waals surface area contributed by atoms with Gasteiger partial charge >= 0.3 is 11.9 Å². The highest BCUT2D eigenvalue weighted by Gasteiger charge is 2.01. The Morgan fingerprint density at radius 2 is 1.86 bits per heavy atom. The van der Waals surface area contributed by atoms with Crippen LogP contribution < -0.4 is 0 Å². The molecule has 0 fully saturated rings. The molecule has 5 nitrogen and oxygen atoms in total. The first kappa shape index (κ1) is 14.9. The van der Waals surface area contributed by atoms with E-state index in [2.05, 4.69) is 22.6 Å². The lowest BCUT2D eigenvalue weighted by Gasteiger charge is -1.95. The molecule has 1 N–H and O–H groups in total. The fourth-order valence-electron chi connectivity index (χ4n) is 0.292. The summed E-state index contributed by atoms with van der Waals surface area (Å²) in [4.78, 5) is 20.1. The van der Waals surface area contributed by atoms with E-state index in [9.17, 15) is 9.59 Å². The number of ether oxygens (including phenoxy) is 2. The zero-order valence-electron chi connectivity index (χ0n) is 8.28. The van der Waals surface area contributed by atoms with Gasteiger partial charge in [-0.1, -0.05) is 13.2 Å². The van der Waals surface area contributed by atoms with Gasteiger partial charge in [0, 0.05) is 6.08 Å². The van der Waals surface area contributed by atoms with Gasteiger partial charge in [0.15, 0.2) is 0 Å². The highest BCUT2D eigenvalue weighted by Crippen LogP contribution is 1.88. The molecule has 0 saturated heterocycles. The van der Waals surface area contributed by atoms with Crippen LogP contribution in [-0.2, 0) is 19.1 Å². The monoisotopic (exact) mass is 202 g/mol. The molecule has 14 heavy (non-hydrogen) atoms. The summed E-state index contributed by atoms with van der Waals surface area (Å²) in [5.74, 6) is -0.956. The zero-order valence-corrected chi connectivity index (χ0v) is 8.28. The predicted molar refractivity (Wildman–Crippen MR) is 50.5 cm³/mol. The fourth-order valence-corrected chi connectivity index (χ4v) is 0.292. The lowest BCUT2D eigenvalue weighted by atomic mass is 10.3. The lowest BCUT2D eigenvalue weighted by molar-refractivity contribution is -0.136. The molecule has 0 aliphatic heterocycles. The molecule has 0 unspecified atom stereocenters. The van der Waals surface area contributed by atoms with E-state index in [1.807, 2.05) is 0 Å². The quantitative estimate of drug-likeness (QED) is 0.517. The number of aliphatic hydroxyl groups is 1. The largest absolute Gasteiger partial charge is 0.466 e. The standard InChI is InChI=1S/C5H8O3.C4H6O2/c1-4(3-6)5(7)8-2;1-3-4(5)6-2/h6H,1,3H2,2H3;3H,1H2,2H3. The number of aliphatic hydroxyl groups excluding tert-OH is 1. The van der Waals surface area contributed by atoms with Crippen molar-refractivity contribution in [3.63, 3.8) is 0 Å². The number of carbonyl (C=O) groups excluding carboxylic acids is 2. The minimum atomic E-state index is -0.563. The number of esters is 2. The fraction of sp³-hybridized carbons (Fsp3) is 0.333. The Morgan fingerprint density at radius 3 is 1.93 bits per heavy atom. The molecule has 0 heterocycles. The van der Waals surface area contributed by atoms with E-state index in [0.717, 1.165) is 6.08 Å². The van der Waals surface area contributed by atoms with Crippen LogP contribution in [0.2, 0.25) is 0 Å². The molecule has 0 aromatic heterocycles. The molecular weight excluding hydrogens is 188 g/mol. The van der Waals surface area contributed by atoms with E-state index >= 15 is 0 Å². The van der Waals surface area contributed by atoms with Crippen molar-refractivity contribution in [2.75, 3.05) is 20.8 Å². The van der Waals surface area contributed by atoms with Gasteiger partial charge in [0.1, 0.15) is 0 Å². The Labute approximate surface area is 82.6 Å². The van der Waals surface area contributed by atoms with Crippen molar-refractivity contribution < 1.29 is 24.2 Å². The Balaban J connectivity index is 0. The summed E-state index contributed by atoms with van der Waals surface area (Å²) >= 11 is 0. The summed E-state index contributed by atoms with van der Waals surface area (Å²) in [7, 11) is 2.55. The maximum atomic E-state index is 10.3. The molecule has 0 aliphatic carbocycles. The number of hydrogen-bond donors (Lipinski definition) is 1. The highest BCUT2D eigenvalue weighted by atomic mass is 16.5. The molecule has 0 rings (SSSR count). The molecule has 80 valence electrons. The van der Waals surface area contributed by atoms with Gasteiger partial charge in [-0.3, -0.25) is 0 Å². The van der Waals surface area contributed by atoms with Crippen LogP contribution in [0, 0.1) is 0 Å². The maximum Gasteiger partial charge on any atom is 0.335 e. The van der Waals surface area contributed by atoms with Crippen molar-refractivity contribution >= 4 is 11.9 Å². The van der Waals surface area contributed by atoms with Crippen LogP contribution in [0.25, 0.3) is 0 Å². The zero-order chi connectivity index (χ0) is 11.6. The highest BCUT2D eigenvalue weighted by molar-refractivity contribution is 5.87. The molecule has 0 spiro atoms. The normalized spacial score (nSPS) is 7.64. The molecule has 0 bridgehead atoms. The van der Waals surface area contributed by atoms with Crippen LogP contribution in [0.5, 0.6) is 0 Å². The van der Waals surface area contributed by atoms with E-state index in [4.69, 9.17) is 5.11 Å². The van der Waals surface area contributed by atoms with Gasteiger partial charge in [0.05, 0.1) is 26.4 Å². The number of hydrogen-bond acceptors (Lipinski definition) is 5. The van der Waals surface area contributed by atoms with Gasteiger partial charge in [-0.05, 0) is 0 Å². The van der Waals surface area contributed by atoms with E-state index < -0.39 is 11.9 Å². The predicted octanol–water partition coefficient (Wildman–Crippen LogP) is 0.0533. The molecular formula is C9H14O5. The van der Waals surface area contributed by atoms with Crippen LogP contribution >= 0.6 is 0 Å². The van der Waals surface area contributed by atoms with E-state index in [1.165, 1.54) is 14.2 Å². The Kier molecular flexibility index (Phi) is 10.1. The van der Waals surface area contributed by atoms with Crippen molar-refractivity contribution in [1.82, 2.24) is 0 Å². The van der Waals surface area contributed by atoms with Crippen LogP contribution in [-0.4, -0.2) is 37.9 Å². The summed E-state index contributed by atoms with van der Waals surface area (Å²) in [5.41, 5.74) is 0.0764. The van der Waals surface area contributed by atoms with E-state index in [-0.39, 0.29) is 12.2 Å². The maximum absolute atomic E-state index is 10.3. The summed E-state index contributed by atoms with van der Waals surface area (Å²) < 4.78 is 8.35. The SMILES string of the molecule is C=C(CO)C(=O)OC.C=CC(=O)OC. The van der Waals surface area contributed by atoms with Crippen LogP contribution in [0.1, 0.15) is 0 Å². The first-order valence-electron chi connectivity index (χ1n) is 3.60. The molecule has 0 aromatic carbocycles. The van der Waals surface area contributed by atoms with Gasteiger partial charge in [-0.25, -0.2) is 9.59 Å². The Bertz CT molecular complexity index is 205. The van der Waals surface area contributed by atoms with Crippen molar-refractivity contribution in [1.29, 1.82) is 0 Å². The Morgan fingerprint density at radius 1 is 1.36 bits per heavy atom. The van der Waals surface area contributed by atoms with Gasteiger partial charge in [-0.2, -0.15) is 0 Å². The van der Waals surface area contributed by atoms with E-state index in [0.29, 0.717) is 0 Å². The third-order valence-corrected chi connectivity index (χ3v) is 1.03. The minimum Gasteiger partial charge on any atom is -0.466 e. The molecule has 5 heteroatoms. The summed E-state index contributed by atoms with van der Waals surface area (Å²) in [6.45, 7) is 6.04. The first-order chi connectivity index (χ1) is 6.53. The summed E-state index contributed by atoms with van der Waals surface area (Å²) in [5, 5.41) is 8.24. The second kappa shape index (κ2) is 9.47. The number of methoxy groups -OCH3 is 2. The average Bonchev–Trinajstić information content (AvgIpc) is 2.26. The van der Waals surface area contributed by atoms with Crippen molar-refractivity contribution in [2.45, 2.75) is 0 Å². The first-order valence-corrected chi connectivity index (χ1v) is 3.60. The average molecular weight is 202 g/mol. The van der Waals surface area contributed by atoms with Crippen molar-refractivity contribution in [2.24, 2.45) is 0 Å². The third kappa shape index (κ3) is 8.48. The molecule has 0 atom stereocenters. The minimum absolute atomic E-state index is 0.0764. The number of carbonyl (C=O) groups is 2. The van der Waals surface area contributed by atoms with Gasteiger partial charge < -0.3 is 14.6 Å². The van der Waals surface area contributed by atoms with Crippen molar-refractivity contribution in [3.05, 3.63) is 24.8 Å². The summed E-state index contributed by atoms with van der Waals surface area (Å²) in [6.07, 6.45) is 1.11. The Hall–Kier alpha value is -1.62. The van der Waals surface area contributed by atoms with Crippen molar-refractivity contribution in [3.8, 4) is 0 Å². The van der Waals surface area contributed by atoms with Crippen LogP contribution in [0.4, 0.5) is 0 Å². The number of rotatable bonds is 3. The molecule has 0 amide bonds. The molecule has 0 aliphatic rings. The van der Waals surface area contributed by atoms with Gasteiger partial charge in [0.2, 0.25) is 0 Å². The smallest absolute Gasteiger partial charge is 0.335 e. The molecule has 0 aromatic rings. The topological polar surface area (TPSA) is 72.8 Å². The molecule has 0 saturated carbocycles. The summed E-state index contributed by atoms with van der Waals surface area (Å²) in [6, 6.07) is 0. The third-order valence-electron chi connectivity index (χ3n) is 1.03. The van der Waals surface area contributed by atoms with E-state index in [1.54, 1.807) is 0 Å². The second-order valence-electron chi connectivity index (χ2n) is 1.98. The van der Waals surface area contributed by atoms with Crippen LogP contribution in [0.3, 0.4) is 0 Å². The van der Waals surface area contributed by atoms with Gasteiger partial charge in [-0.15, -0.1) is 0 Å². The van der Waals surface area contributed by atoms with Gasteiger partial charge in [0.25, 0.3) is 0 Å². The molecule has 0 radical (unpaired) electrons. The second-order valence-corrected chi connectivity index (χ2v) is 1.98.